The second kappa shape index (κ2) is 7.04. The molecule has 1 heterocycles. The first-order valence-electron chi connectivity index (χ1n) is 9.03. The van der Waals surface area contributed by atoms with Gasteiger partial charge in [0.1, 0.15) is 5.82 Å². The van der Waals surface area contributed by atoms with E-state index in [9.17, 15) is 4.79 Å². The molecule has 2 N–H and O–H groups in total. The molecule has 0 aliphatic heterocycles. The van der Waals surface area contributed by atoms with Gasteiger partial charge in [-0.05, 0) is 57.8 Å². The minimum absolute atomic E-state index is 0.0444. The quantitative estimate of drug-likeness (QED) is 0.896. The van der Waals surface area contributed by atoms with Crippen molar-refractivity contribution in [1.29, 1.82) is 0 Å². The molecular formula is C19H29N5O. The van der Waals surface area contributed by atoms with Crippen LogP contribution < -0.4 is 10.6 Å². The monoisotopic (exact) mass is 343 g/mol. The summed E-state index contributed by atoms with van der Waals surface area (Å²) in [5, 5.41) is 5.56. The van der Waals surface area contributed by atoms with Crippen molar-refractivity contribution in [3.05, 3.63) is 30.1 Å². The Bertz CT molecular complexity index is 743. The molecule has 0 saturated heterocycles. The van der Waals surface area contributed by atoms with Crippen LogP contribution in [0.5, 0.6) is 0 Å². The van der Waals surface area contributed by atoms with Crippen LogP contribution in [-0.2, 0) is 12.6 Å². The summed E-state index contributed by atoms with van der Waals surface area (Å²) >= 11 is 0. The molecule has 1 aromatic heterocycles. The van der Waals surface area contributed by atoms with Gasteiger partial charge in [0.05, 0.1) is 16.6 Å². The summed E-state index contributed by atoms with van der Waals surface area (Å²) in [6.07, 6.45) is 4.28. The zero-order chi connectivity index (χ0) is 18.0. The first-order valence-corrected chi connectivity index (χ1v) is 9.03. The summed E-state index contributed by atoms with van der Waals surface area (Å²) in [7, 11) is 8.08. The molecular weight excluding hydrogens is 314 g/mol. The second-order valence-corrected chi connectivity index (χ2v) is 7.31. The minimum Gasteiger partial charge on any atom is -0.341 e. The van der Waals surface area contributed by atoms with E-state index in [2.05, 4.69) is 59.4 Å². The maximum Gasteiger partial charge on any atom is 0.314 e. The SMILES string of the molecule is CNC(=O)NCC1CCC(c2nc3ccccc3n2C)(N(C)C)CC1. The lowest BCUT2D eigenvalue weighted by Crippen LogP contribution is -2.47. The van der Waals surface area contributed by atoms with E-state index in [4.69, 9.17) is 4.98 Å². The normalized spacial score (nSPS) is 23.8. The number of para-hydroxylation sites is 2. The average Bonchev–Trinajstić information content (AvgIpc) is 2.97. The van der Waals surface area contributed by atoms with Crippen LogP contribution in [0, 0.1) is 5.92 Å². The fourth-order valence-electron chi connectivity index (χ4n) is 4.12. The number of aryl methyl sites for hydroxylation is 1. The van der Waals surface area contributed by atoms with Crippen LogP contribution in [0.15, 0.2) is 24.3 Å². The lowest BCUT2D eigenvalue weighted by Gasteiger charge is -2.44. The van der Waals surface area contributed by atoms with Gasteiger partial charge in [-0.15, -0.1) is 0 Å². The molecule has 6 heteroatoms. The molecule has 136 valence electrons. The van der Waals surface area contributed by atoms with Crippen LogP contribution in [0.1, 0.15) is 31.5 Å². The standard InChI is InChI=1S/C19H29N5O/c1-20-18(25)21-13-14-9-11-19(12-10-14,23(2)3)17-22-15-7-5-6-8-16(15)24(17)4/h5-8,14H,9-13H2,1-4H3,(H2,20,21,25). The zero-order valence-electron chi connectivity index (χ0n) is 15.7. The Morgan fingerprint density at radius 3 is 2.60 bits per heavy atom. The first-order chi connectivity index (χ1) is 12.0. The number of hydrogen-bond acceptors (Lipinski definition) is 3. The summed E-state index contributed by atoms with van der Waals surface area (Å²) < 4.78 is 2.25. The fourth-order valence-corrected chi connectivity index (χ4v) is 4.12. The topological polar surface area (TPSA) is 62.2 Å². The van der Waals surface area contributed by atoms with Gasteiger partial charge in [0.15, 0.2) is 0 Å². The number of imidazole rings is 1. The van der Waals surface area contributed by atoms with Gasteiger partial charge in [0.2, 0.25) is 0 Å². The lowest BCUT2D eigenvalue weighted by molar-refractivity contribution is 0.0668. The lowest BCUT2D eigenvalue weighted by atomic mass is 9.75. The van der Waals surface area contributed by atoms with E-state index < -0.39 is 0 Å². The molecule has 0 bridgehead atoms. The molecule has 1 aromatic carbocycles. The summed E-state index contributed by atoms with van der Waals surface area (Å²) in [4.78, 5) is 18.7. The minimum atomic E-state index is -0.0974. The van der Waals surface area contributed by atoms with E-state index >= 15 is 0 Å². The van der Waals surface area contributed by atoms with Crippen molar-refractivity contribution in [2.45, 2.75) is 31.2 Å². The van der Waals surface area contributed by atoms with E-state index in [-0.39, 0.29) is 11.6 Å². The zero-order valence-corrected chi connectivity index (χ0v) is 15.7. The highest BCUT2D eigenvalue weighted by Crippen LogP contribution is 2.43. The third-order valence-corrected chi connectivity index (χ3v) is 5.77. The second-order valence-electron chi connectivity index (χ2n) is 7.31. The Labute approximate surface area is 149 Å². The molecule has 1 aliphatic rings. The van der Waals surface area contributed by atoms with Gasteiger partial charge < -0.3 is 15.2 Å². The predicted octanol–water partition coefficient (Wildman–Crippen LogP) is 2.45. The molecule has 2 aromatic rings. The molecule has 1 aliphatic carbocycles. The number of rotatable bonds is 4. The molecule has 6 nitrogen and oxygen atoms in total. The molecule has 1 fully saturated rings. The van der Waals surface area contributed by atoms with E-state index in [1.165, 1.54) is 5.52 Å². The number of amides is 2. The summed E-state index contributed by atoms with van der Waals surface area (Å²) in [5.41, 5.74) is 2.20. The molecule has 0 unspecified atom stereocenters. The highest BCUT2D eigenvalue weighted by molar-refractivity contribution is 5.76. The van der Waals surface area contributed by atoms with E-state index in [1.807, 2.05) is 6.07 Å². The molecule has 0 atom stereocenters. The first kappa shape index (κ1) is 17.7. The average molecular weight is 343 g/mol. The third-order valence-electron chi connectivity index (χ3n) is 5.77. The third kappa shape index (κ3) is 3.23. The van der Waals surface area contributed by atoms with Crippen LogP contribution in [-0.4, -0.2) is 48.2 Å². The number of nitrogens with one attached hydrogen (secondary N) is 2. The largest absolute Gasteiger partial charge is 0.341 e. The van der Waals surface area contributed by atoms with E-state index in [0.717, 1.165) is 43.6 Å². The summed E-state index contributed by atoms with van der Waals surface area (Å²) in [6.45, 7) is 0.742. The van der Waals surface area contributed by atoms with Gasteiger partial charge >= 0.3 is 6.03 Å². The number of nitrogens with zero attached hydrogens (tertiary/aromatic N) is 3. The Morgan fingerprint density at radius 2 is 2.00 bits per heavy atom. The molecule has 1 saturated carbocycles. The van der Waals surface area contributed by atoms with Crippen molar-refractivity contribution in [3.63, 3.8) is 0 Å². The van der Waals surface area contributed by atoms with Crippen LogP contribution >= 0.6 is 0 Å². The van der Waals surface area contributed by atoms with Crippen LogP contribution in [0.4, 0.5) is 4.79 Å². The number of urea groups is 1. The molecule has 25 heavy (non-hydrogen) atoms. The smallest absolute Gasteiger partial charge is 0.314 e. The van der Waals surface area contributed by atoms with Crippen LogP contribution in [0.2, 0.25) is 0 Å². The predicted molar refractivity (Wildman–Crippen MR) is 100 cm³/mol. The van der Waals surface area contributed by atoms with E-state index in [0.29, 0.717) is 5.92 Å². The number of hydrogen-bond donors (Lipinski definition) is 2. The highest BCUT2D eigenvalue weighted by Gasteiger charge is 2.42. The van der Waals surface area contributed by atoms with Gasteiger partial charge in [0.25, 0.3) is 0 Å². The van der Waals surface area contributed by atoms with Gasteiger partial charge in [-0.25, -0.2) is 9.78 Å². The van der Waals surface area contributed by atoms with Gasteiger partial charge in [-0.3, -0.25) is 4.90 Å². The summed E-state index contributed by atoms with van der Waals surface area (Å²) in [5.74, 6) is 1.68. The van der Waals surface area contributed by atoms with Crippen molar-refractivity contribution < 1.29 is 4.79 Å². The van der Waals surface area contributed by atoms with Gasteiger partial charge in [-0.2, -0.15) is 0 Å². The maximum absolute atomic E-state index is 11.4. The molecule has 0 spiro atoms. The Morgan fingerprint density at radius 1 is 1.32 bits per heavy atom. The van der Waals surface area contributed by atoms with Crippen molar-refractivity contribution in [3.8, 4) is 0 Å². The van der Waals surface area contributed by atoms with Gasteiger partial charge in [-0.1, -0.05) is 12.1 Å². The Hall–Kier alpha value is -2.08. The van der Waals surface area contributed by atoms with Crippen molar-refractivity contribution >= 4 is 17.1 Å². The Kier molecular flexibility index (Phi) is 4.99. The summed E-state index contributed by atoms with van der Waals surface area (Å²) in [6, 6.07) is 8.23. The van der Waals surface area contributed by atoms with Crippen molar-refractivity contribution in [1.82, 2.24) is 25.1 Å². The molecule has 3 rings (SSSR count). The Balaban J connectivity index is 1.82. The van der Waals surface area contributed by atoms with Crippen LogP contribution in [0.25, 0.3) is 11.0 Å². The number of fused-ring (bicyclic) bond motifs is 1. The number of carbonyl (C=O) groups is 1. The van der Waals surface area contributed by atoms with Crippen molar-refractivity contribution in [2.75, 3.05) is 27.7 Å². The number of carbonyl (C=O) groups excluding carboxylic acids is 1. The maximum atomic E-state index is 11.4. The fraction of sp³-hybridized carbons (Fsp3) is 0.579. The molecule has 0 radical (unpaired) electrons. The number of benzene rings is 1. The number of aromatic nitrogens is 2. The van der Waals surface area contributed by atoms with Crippen LogP contribution in [0.3, 0.4) is 0 Å². The van der Waals surface area contributed by atoms with Crippen molar-refractivity contribution in [2.24, 2.45) is 13.0 Å². The van der Waals surface area contributed by atoms with Gasteiger partial charge in [0, 0.05) is 20.6 Å². The highest BCUT2D eigenvalue weighted by atomic mass is 16.2. The van der Waals surface area contributed by atoms with E-state index in [1.54, 1.807) is 7.05 Å². The molecule has 2 amide bonds.